The fraction of sp³-hybridized carbons (Fsp3) is 0.750. The number of nitriles is 1. The standard InChI is InChI=1S/C4H7N.11H3N/c1-4(2)3-5;;;;;;;;;;;/h4H,1-2H3;11*1H3. The van der Waals surface area contributed by atoms with Gasteiger partial charge in [-0.1, -0.05) is 0 Å². The van der Waals surface area contributed by atoms with Gasteiger partial charge in [0.05, 0.1) is 6.07 Å². The molecular weight excluding hydrogens is 216 g/mol. The maximum Gasteiger partial charge on any atom is 0.0649 e. The third-order valence-corrected chi connectivity index (χ3v) is 0.258. The van der Waals surface area contributed by atoms with Crippen molar-refractivity contribution in [2.45, 2.75) is 13.8 Å². The van der Waals surface area contributed by atoms with Gasteiger partial charge in [0.25, 0.3) is 0 Å². The van der Waals surface area contributed by atoms with E-state index in [4.69, 9.17) is 5.26 Å². The number of hydrogen-bond acceptors (Lipinski definition) is 12. The third-order valence-electron chi connectivity index (χ3n) is 0.258. The highest BCUT2D eigenvalue weighted by Gasteiger charge is 1.78. The van der Waals surface area contributed by atoms with Crippen LogP contribution in [0.2, 0.25) is 0 Å². The summed E-state index contributed by atoms with van der Waals surface area (Å²) in [5, 5.41) is 7.89. The molecule has 0 atom stereocenters. The average Bonchev–Trinajstić information content (AvgIpc) is 1.38. The maximum atomic E-state index is 7.89. The van der Waals surface area contributed by atoms with Crippen LogP contribution in [0, 0.1) is 17.2 Å². The van der Waals surface area contributed by atoms with Gasteiger partial charge in [-0.05, 0) is 13.8 Å². The first-order valence-electron chi connectivity index (χ1n) is 1.67. The van der Waals surface area contributed by atoms with Crippen LogP contribution in [0.5, 0.6) is 0 Å². The molecule has 0 aliphatic rings. The van der Waals surface area contributed by atoms with Crippen molar-refractivity contribution in [2.24, 2.45) is 5.92 Å². The van der Waals surface area contributed by atoms with Crippen LogP contribution in [-0.4, -0.2) is 0 Å². The summed E-state index contributed by atoms with van der Waals surface area (Å²) < 4.78 is 0. The fourth-order valence-corrected chi connectivity index (χ4v) is 0. The van der Waals surface area contributed by atoms with E-state index in [1.807, 2.05) is 19.9 Å². The molecular formula is C4H40N12. The summed E-state index contributed by atoms with van der Waals surface area (Å²) in [6.45, 7) is 3.72. The van der Waals surface area contributed by atoms with Crippen molar-refractivity contribution >= 4 is 0 Å². The third kappa shape index (κ3) is 1720. The Balaban J connectivity index is -0.00000000145. The Morgan fingerprint density at radius 2 is 0.625 bits per heavy atom. The lowest BCUT2D eigenvalue weighted by atomic mass is 10.3. The fourth-order valence-electron chi connectivity index (χ4n) is 0. The molecule has 0 aliphatic carbocycles. The Hall–Kier alpha value is -0.950. The molecule has 0 aromatic carbocycles. The molecule has 0 aromatic heterocycles. The van der Waals surface area contributed by atoms with Gasteiger partial charge in [-0.25, -0.2) is 0 Å². The summed E-state index contributed by atoms with van der Waals surface area (Å²) in [6, 6.07) is 2.03. The minimum Gasteiger partial charge on any atom is -0.344 e. The van der Waals surface area contributed by atoms with E-state index in [1.54, 1.807) is 0 Å². The van der Waals surface area contributed by atoms with Crippen molar-refractivity contribution in [1.82, 2.24) is 67.7 Å². The zero-order valence-electron chi connectivity index (χ0n) is 11.3. The second-order valence-electron chi connectivity index (χ2n) is 1.28. The molecule has 0 bridgehead atoms. The van der Waals surface area contributed by atoms with Crippen LogP contribution in [0.3, 0.4) is 0 Å². The molecule has 0 spiro atoms. The van der Waals surface area contributed by atoms with Gasteiger partial charge in [0, 0.05) is 5.92 Å². The lowest BCUT2D eigenvalue weighted by molar-refractivity contribution is 0.849. The molecule has 0 radical (unpaired) electrons. The Morgan fingerprint density at radius 1 is 0.562 bits per heavy atom. The van der Waals surface area contributed by atoms with Crippen molar-refractivity contribution in [3.05, 3.63) is 0 Å². The van der Waals surface area contributed by atoms with Gasteiger partial charge in [-0.3, -0.25) is 0 Å². The Morgan fingerprint density at radius 3 is 0.625 bits per heavy atom. The van der Waals surface area contributed by atoms with Gasteiger partial charge >= 0.3 is 0 Å². The van der Waals surface area contributed by atoms with Crippen LogP contribution in [0.25, 0.3) is 0 Å². The lowest BCUT2D eigenvalue weighted by Gasteiger charge is -1.75. The average molecular weight is 256 g/mol. The Bertz CT molecular complexity index is 58.5. The second kappa shape index (κ2) is 257. The minimum atomic E-state index is 0. The molecule has 33 N–H and O–H groups in total. The molecule has 12 heteroatoms. The molecule has 0 saturated heterocycles. The highest BCUT2D eigenvalue weighted by Crippen LogP contribution is 1.81. The monoisotopic (exact) mass is 256 g/mol. The largest absolute Gasteiger partial charge is 0.344 e. The quantitative estimate of drug-likeness (QED) is 0.297. The zero-order chi connectivity index (χ0) is 4.28. The predicted octanol–water partition coefficient (Wildman–Crippen LogP) is 2.95. The molecule has 0 rings (SSSR count). The summed E-state index contributed by atoms with van der Waals surface area (Å²) in [5.74, 6) is 0.190. The van der Waals surface area contributed by atoms with Gasteiger partial charge < -0.3 is 67.7 Å². The van der Waals surface area contributed by atoms with Crippen molar-refractivity contribution in [3.63, 3.8) is 0 Å². The number of nitrogens with zero attached hydrogens (tertiary/aromatic N) is 1. The first-order chi connectivity index (χ1) is 2.27. The SMILES string of the molecule is CC(C)C#N.N.N.N.N.N.N.N.N.N.N.N. The zero-order valence-corrected chi connectivity index (χ0v) is 11.3. The van der Waals surface area contributed by atoms with E-state index in [1.165, 1.54) is 0 Å². The van der Waals surface area contributed by atoms with E-state index in [9.17, 15) is 0 Å². The molecule has 12 nitrogen and oxygen atoms in total. The summed E-state index contributed by atoms with van der Waals surface area (Å²) in [6.07, 6.45) is 0. The Labute approximate surface area is 99.7 Å². The smallest absolute Gasteiger partial charge is 0.0649 e. The van der Waals surface area contributed by atoms with Crippen LogP contribution in [0.15, 0.2) is 0 Å². The first-order valence-corrected chi connectivity index (χ1v) is 1.67. The molecule has 0 aromatic rings. The highest BCUT2D eigenvalue weighted by molar-refractivity contribution is 4.72. The first kappa shape index (κ1) is 319. The number of rotatable bonds is 0. The summed E-state index contributed by atoms with van der Waals surface area (Å²) in [4.78, 5) is 0. The topological polar surface area (TPSA) is 409 Å². The van der Waals surface area contributed by atoms with Crippen molar-refractivity contribution < 1.29 is 0 Å². The molecule has 0 unspecified atom stereocenters. The van der Waals surface area contributed by atoms with Crippen molar-refractivity contribution in [2.75, 3.05) is 0 Å². The van der Waals surface area contributed by atoms with Gasteiger partial charge in [0.15, 0.2) is 0 Å². The second-order valence-corrected chi connectivity index (χ2v) is 1.28. The predicted molar refractivity (Wildman–Crippen MR) is 75.7 cm³/mol. The molecule has 16 heavy (non-hydrogen) atoms. The van der Waals surface area contributed by atoms with Gasteiger partial charge in [-0.2, -0.15) is 5.26 Å². The summed E-state index contributed by atoms with van der Waals surface area (Å²) in [7, 11) is 0. The molecule has 0 amide bonds. The van der Waals surface area contributed by atoms with Gasteiger partial charge in [-0.15, -0.1) is 0 Å². The molecule has 116 valence electrons. The van der Waals surface area contributed by atoms with E-state index in [0.29, 0.717) is 0 Å². The van der Waals surface area contributed by atoms with E-state index >= 15 is 0 Å². The van der Waals surface area contributed by atoms with Crippen molar-refractivity contribution in [1.29, 1.82) is 5.26 Å². The van der Waals surface area contributed by atoms with Crippen molar-refractivity contribution in [3.8, 4) is 6.07 Å². The normalized spacial score (nSPS) is 2.38. The number of hydrogen-bond donors (Lipinski definition) is 11. The lowest BCUT2D eigenvalue weighted by Crippen LogP contribution is -1.72. The summed E-state index contributed by atoms with van der Waals surface area (Å²) in [5.41, 5.74) is 0. The molecule has 0 fully saturated rings. The van der Waals surface area contributed by atoms with E-state index in [-0.39, 0.29) is 73.6 Å². The van der Waals surface area contributed by atoms with E-state index < -0.39 is 0 Å². The molecule has 0 heterocycles. The van der Waals surface area contributed by atoms with E-state index in [2.05, 4.69) is 0 Å². The molecule has 0 aliphatic heterocycles. The van der Waals surface area contributed by atoms with Crippen LogP contribution in [-0.2, 0) is 0 Å². The van der Waals surface area contributed by atoms with Gasteiger partial charge in [0.2, 0.25) is 0 Å². The van der Waals surface area contributed by atoms with Gasteiger partial charge in [0.1, 0.15) is 0 Å². The van der Waals surface area contributed by atoms with Crippen LogP contribution in [0.4, 0.5) is 0 Å². The van der Waals surface area contributed by atoms with Crippen LogP contribution >= 0.6 is 0 Å². The van der Waals surface area contributed by atoms with Crippen LogP contribution < -0.4 is 67.7 Å². The van der Waals surface area contributed by atoms with Crippen LogP contribution in [0.1, 0.15) is 13.8 Å². The molecule has 0 saturated carbocycles. The minimum absolute atomic E-state index is 0. The summed E-state index contributed by atoms with van der Waals surface area (Å²) >= 11 is 0. The van der Waals surface area contributed by atoms with E-state index in [0.717, 1.165) is 0 Å². The highest BCUT2D eigenvalue weighted by atomic mass is 14.2. The maximum absolute atomic E-state index is 7.89. The Kier molecular flexibility index (Phi) is 5130.